The van der Waals surface area contributed by atoms with Gasteiger partial charge in [0.2, 0.25) is 5.91 Å². The monoisotopic (exact) mass is 325 g/mol. The highest BCUT2D eigenvalue weighted by Crippen LogP contribution is 2.29. The third-order valence-corrected chi connectivity index (χ3v) is 4.19. The molecule has 3 rings (SSSR count). The zero-order chi connectivity index (χ0) is 16.9. The summed E-state index contributed by atoms with van der Waals surface area (Å²) in [6, 6.07) is 18.3. The van der Waals surface area contributed by atoms with E-state index in [1.54, 1.807) is 0 Å². The summed E-state index contributed by atoms with van der Waals surface area (Å²) in [4.78, 5) is 26.1. The zero-order valence-electron chi connectivity index (χ0n) is 13.2. The minimum Gasteiger partial charge on any atom is -0.446 e. The van der Waals surface area contributed by atoms with E-state index in [0.29, 0.717) is 6.42 Å². The molecule has 0 bridgehead atoms. The number of hydrogen-bond acceptors (Lipinski definition) is 4. The number of carbonyl (C=O) groups is 2. The second-order valence-corrected chi connectivity index (χ2v) is 5.78. The van der Waals surface area contributed by atoms with Crippen LogP contribution in [0.2, 0.25) is 0 Å². The number of ether oxygens (including phenoxy) is 1. The first-order chi connectivity index (χ1) is 11.7. The number of benzene rings is 2. The molecule has 2 atom stereocenters. The number of imide groups is 1. The van der Waals surface area contributed by atoms with Gasteiger partial charge in [-0.15, -0.1) is 0 Å². The van der Waals surface area contributed by atoms with Crippen molar-refractivity contribution in [2.45, 2.75) is 12.5 Å². The number of aliphatic hydroxyl groups is 1. The highest BCUT2D eigenvalue weighted by Gasteiger charge is 2.41. The summed E-state index contributed by atoms with van der Waals surface area (Å²) in [5.74, 6) is -1.08. The third kappa shape index (κ3) is 3.31. The molecular weight excluding hydrogens is 306 g/mol. The van der Waals surface area contributed by atoms with E-state index in [2.05, 4.69) is 0 Å². The minimum atomic E-state index is -0.677. The van der Waals surface area contributed by atoms with Gasteiger partial charge in [-0.05, 0) is 17.5 Å². The Morgan fingerprint density at radius 2 is 1.75 bits per heavy atom. The van der Waals surface area contributed by atoms with Crippen LogP contribution in [0.3, 0.4) is 0 Å². The van der Waals surface area contributed by atoms with Crippen molar-refractivity contribution < 1.29 is 19.4 Å². The molecule has 1 fully saturated rings. The van der Waals surface area contributed by atoms with E-state index in [1.807, 2.05) is 60.7 Å². The van der Waals surface area contributed by atoms with E-state index < -0.39 is 24.0 Å². The van der Waals surface area contributed by atoms with Crippen molar-refractivity contribution in [1.82, 2.24) is 4.90 Å². The second kappa shape index (κ2) is 7.27. The van der Waals surface area contributed by atoms with Crippen molar-refractivity contribution in [3.05, 3.63) is 71.8 Å². The summed E-state index contributed by atoms with van der Waals surface area (Å²) < 4.78 is 5.08. The van der Waals surface area contributed by atoms with Gasteiger partial charge in [-0.3, -0.25) is 4.79 Å². The summed E-state index contributed by atoms with van der Waals surface area (Å²) in [6.07, 6.45) is -0.276. The van der Waals surface area contributed by atoms with E-state index in [0.717, 1.165) is 16.0 Å². The first kappa shape index (κ1) is 16.2. The van der Waals surface area contributed by atoms with Crippen LogP contribution in [0.5, 0.6) is 0 Å². The number of cyclic esters (lactones) is 1. The van der Waals surface area contributed by atoms with Crippen LogP contribution in [0, 0.1) is 5.92 Å². The Kier molecular flexibility index (Phi) is 4.91. The van der Waals surface area contributed by atoms with Crippen molar-refractivity contribution in [2.24, 2.45) is 5.92 Å². The van der Waals surface area contributed by atoms with Crippen molar-refractivity contribution in [3.63, 3.8) is 0 Å². The molecule has 1 N–H and O–H groups in total. The fourth-order valence-electron chi connectivity index (χ4n) is 2.91. The van der Waals surface area contributed by atoms with Gasteiger partial charge in [0.25, 0.3) is 0 Å². The molecule has 0 aromatic heterocycles. The maximum absolute atomic E-state index is 12.8. The topological polar surface area (TPSA) is 66.8 Å². The Bertz CT molecular complexity index is 702. The Balaban J connectivity index is 1.81. The number of nitrogens with zero attached hydrogens (tertiary/aromatic N) is 1. The van der Waals surface area contributed by atoms with Gasteiger partial charge >= 0.3 is 6.09 Å². The molecule has 2 aromatic rings. The van der Waals surface area contributed by atoms with Crippen LogP contribution in [-0.2, 0) is 16.0 Å². The van der Waals surface area contributed by atoms with Crippen molar-refractivity contribution in [1.29, 1.82) is 0 Å². The van der Waals surface area contributed by atoms with Crippen LogP contribution in [0.4, 0.5) is 4.79 Å². The van der Waals surface area contributed by atoms with Gasteiger partial charge in [0.05, 0.1) is 12.5 Å². The van der Waals surface area contributed by atoms with Crippen LogP contribution in [0.15, 0.2) is 60.7 Å². The molecule has 0 radical (unpaired) electrons. The first-order valence-electron chi connectivity index (χ1n) is 7.90. The first-order valence-corrected chi connectivity index (χ1v) is 7.90. The number of carbonyl (C=O) groups excluding carboxylic acids is 2. The van der Waals surface area contributed by atoms with E-state index in [4.69, 9.17) is 4.74 Å². The molecule has 0 aliphatic carbocycles. The number of hydrogen-bond donors (Lipinski definition) is 1. The number of aliphatic hydroxyl groups excluding tert-OH is 1. The third-order valence-electron chi connectivity index (χ3n) is 4.19. The summed E-state index contributed by atoms with van der Waals surface area (Å²) in [7, 11) is 0. The Morgan fingerprint density at radius 3 is 2.38 bits per heavy atom. The average Bonchev–Trinajstić information content (AvgIpc) is 3.02. The van der Waals surface area contributed by atoms with E-state index in [-0.39, 0.29) is 13.2 Å². The minimum absolute atomic E-state index is 0.137. The van der Waals surface area contributed by atoms with E-state index in [9.17, 15) is 14.7 Å². The van der Waals surface area contributed by atoms with Crippen LogP contribution in [-0.4, -0.2) is 35.2 Å². The zero-order valence-corrected chi connectivity index (χ0v) is 13.2. The smallest absolute Gasteiger partial charge is 0.417 e. The largest absolute Gasteiger partial charge is 0.446 e. The number of amides is 2. The Hall–Kier alpha value is -2.66. The summed E-state index contributed by atoms with van der Waals surface area (Å²) in [5.41, 5.74) is 1.78. The van der Waals surface area contributed by atoms with Gasteiger partial charge in [-0.1, -0.05) is 60.7 Å². The maximum Gasteiger partial charge on any atom is 0.417 e. The molecule has 5 nitrogen and oxygen atoms in total. The van der Waals surface area contributed by atoms with Gasteiger partial charge < -0.3 is 9.84 Å². The van der Waals surface area contributed by atoms with Gasteiger partial charge in [0.15, 0.2) is 0 Å². The number of rotatable bonds is 5. The van der Waals surface area contributed by atoms with Crippen LogP contribution in [0.1, 0.15) is 17.2 Å². The normalized spacial score (nSPS) is 18.3. The molecule has 0 unspecified atom stereocenters. The average molecular weight is 325 g/mol. The highest BCUT2D eigenvalue weighted by molar-refractivity contribution is 5.95. The lowest BCUT2D eigenvalue weighted by Crippen LogP contribution is -2.40. The summed E-state index contributed by atoms with van der Waals surface area (Å²) >= 11 is 0. The van der Waals surface area contributed by atoms with Crippen molar-refractivity contribution in [2.75, 3.05) is 13.2 Å². The molecule has 2 amide bonds. The molecule has 0 spiro atoms. The van der Waals surface area contributed by atoms with Crippen molar-refractivity contribution in [3.8, 4) is 0 Å². The van der Waals surface area contributed by atoms with E-state index in [1.165, 1.54) is 0 Å². The van der Waals surface area contributed by atoms with Crippen LogP contribution >= 0.6 is 0 Å². The fourth-order valence-corrected chi connectivity index (χ4v) is 2.91. The standard InChI is InChI=1S/C19H19NO4/c21-12-16(11-14-7-3-1-4-8-14)18(22)20-17(13-24-19(20)23)15-9-5-2-6-10-15/h1-10,16-17,21H,11-13H2/t16-,17+/m1/s1. The summed E-state index contributed by atoms with van der Waals surface area (Å²) in [6.45, 7) is -0.183. The van der Waals surface area contributed by atoms with Gasteiger partial charge in [-0.2, -0.15) is 0 Å². The van der Waals surface area contributed by atoms with Gasteiger partial charge in [0, 0.05) is 0 Å². The lowest BCUT2D eigenvalue weighted by Gasteiger charge is -2.24. The molecule has 124 valence electrons. The maximum atomic E-state index is 12.8. The molecule has 1 aliphatic heterocycles. The second-order valence-electron chi connectivity index (χ2n) is 5.78. The molecule has 2 aromatic carbocycles. The summed E-state index contributed by atoms with van der Waals surface area (Å²) in [5, 5.41) is 9.66. The lowest BCUT2D eigenvalue weighted by atomic mass is 9.97. The van der Waals surface area contributed by atoms with Crippen LogP contribution in [0.25, 0.3) is 0 Å². The Labute approximate surface area is 140 Å². The molecule has 1 aliphatic rings. The SMILES string of the molecule is O=C1OC[C@@H](c2ccccc2)N1C(=O)[C@@H](CO)Cc1ccccc1. The molecule has 5 heteroatoms. The van der Waals surface area contributed by atoms with Crippen molar-refractivity contribution >= 4 is 12.0 Å². The van der Waals surface area contributed by atoms with Gasteiger partial charge in [-0.25, -0.2) is 9.69 Å². The van der Waals surface area contributed by atoms with E-state index >= 15 is 0 Å². The highest BCUT2D eigenvalue weighted by atomic mass is 16.6. The predicted octanol–water partition coefficient (Wildman–Crippen LogP) is 2.56. The molecule has 24 heavy (non-hydrogen) atoms. The lowest BCUT2D eigenvalue weighted by molar-refractivity contribution is -0.134. The molecule has 1 saturated heterocycles. The van der Waals surface area contributed by atoms with Gasteiger partial charge in [0.1, 0.15) is 12.6 Å². The van der Waals surface area contributed by atoms with Crippen LogP contribution < -0.4 is 0 Å². The predicted molar refractivity (Wildman–Crippen MR) is 88.1 cm³/mol. The quantitative estimate of drug-likeness (QED) is 0.917. The molecule has 0 saturated carbocycles. The molecule has 1 heterocycles. The fraction of sp³-hybridized carbons (Fsp3) is 0.263. The Morgan fingerprint density at radius 1 is 1.12 bits per heavy atom. The molecular formula is C19H19NO4.